The minimum absolute atomic E-state index is 0.250. The van der Waals surface area contributed by atoms with Crippen LogP contribution in [-0.2, 0) is 6.54 Å². The number of halogens is 2. The van der Waals surface area contributed by atoms with Gasteiger partial charge in [-0.25, -0.2) is 8.78 Å². The maximum absolute atomic E-state index is 13.6. The first-order valence-corrected chi connectivity index (χ1v) is 6.49. The van der Waals surface area contributed by atoms with Gasteiger partial charge in [0.1, 0.15) is 11.6 Å². The van der Waals surface area contributed by atoms with E-state index < -0.39 is 0 Å². The number of hydrogen-bond acceptors (Lipinski definition) is 2. The Kier molecular flexibility index (Phi) is 4.82. The number of nitrogens with two attached hydrogens (primary N) is 1. The molecule has 0 aliphatic carbocycles. The summed E-state index contributed by atoms with van der Waals surface area (Å²) < 4.78 is 26.4. The Balaban J connectivity index is 1.96. The monoisotopic (exact) mass is 276 g/mol. The van der Waals surface area contributed by atoms with Gasteiger partial charge in [0.15, 0.2) is 0 Å². The quantitative estimate of drug-likeness (QED) is 0.909. The molecule has 0 heterocycles. The topological polar surface area (TPSA) is 29.3 Å². The van der Waals surface area contributed by atoms with E-state index in [1.54, 1.807) is 30.3 Å². The highest BCUT2D eigenvalue weighted by molar-refractivity contribution is 5.21. The van der Waals surface area contributed by atoms with Gasteiger partial charge in [0, 0.05) is 24.7 Å². The number of rotatable bonds is 5. The second-order valence-electron chi connectivity index (χ2n) is 4.95. The summed E-state index contributed by atoms with van der Waals surface area (Å²) in [5, 5.41) is 0. The van der Waals surface area contributed by atoms with E-state index in [2.05, 4.69) is 0 Å². The number of likely N-dealkylation sites (N-methyl/N-ethyl adjacent to an activating group) is 1. The van der Waals surface area contributed by atoms with Crippen molar-refractivity contribution < 1.29 is 8.78 Å². The SMILES string of the molecule is CN(Cc1ccc(F)cc1)CC(N)c1ccccc1F. The largest absolute Gasteiger partial charge is 0.323 e. The fourth-order valence-electron chi connectivity index (χ4n) is 2.18. The number of hydrogen-bond donors (Lipinski definition) is 1. The van der Waals surface area contributed by atoms with Crippen LogP contribution in [0.1, 0.15) is 17.2 Å². The van der Waals surface area contributed by atoms with Gasteiger partial charge in [0.2, 0.25) is 0 Å². The van der Waals surface area contributed by atoms with Gasteiger partial charge in [-0.15, -0.1) is 0 Å². The van der Waals surface area contributed by atoms with Crippen molar-refractivity contribution in [1.82, 2.24) is 4.90 Å². The normalized spacial score (nSPS) is 12.7. The first kappa shape index (κ1) is 14.6. The molecule has 0 amide bonds. The van der Waals surface area contributed by atoms with Crippen molar-refractivity contribution in [1.29, 1.82) is 0 Å². The standard InChI is InChI=1S/C16H18F2N2/c1-20(10-12-6-8-13(17)9-7-12)11-16(19)14-4-2-3-5-15(14)18/h2-9,16H,10-11,19H2,1H3. The zero-order chi connectivity index (χ0) is 14.5. The van der Waals surface area contributed by atoms with Gasteiger partial charge in [-0.05, 0) is 30.8 Å². The molecule has 0 aliphatic rings. The molecule has 2 aromatic carbocycles. The molecule has 2 rings (SSSR count). The summed E-state index contributed by atoms with van der Waals surface area (Å²) in [5.41, 5.74) is 7.54. The fraction of sp³-hybridized carbons (Fsp3) is 0.250. The lowest BCUT2D eigenvalue weighted by molar-refractivity contribution is 0.302. The van der Waals surface area contributed by atoms with Crippen molar-refractivity contribution in [3.8, 4) is 0 Å². The molecule has 0 saturated heterocycles. The van der Waals surface area contributed by atoms with E-state index in [0.29, 0.717) is 18.7 Å². The van der Waals surface area contributed by atoms with Crippen LogP contribution in [0, 0.1) is 11.6 Å². The van der Waals surface area contributed by atoms with Gasteiger partial charge < -0.3 is 10.6 Å². The molecule has 0 aliphatic heterocycles. The highest BCUT2D eigenvalue weighted by Gasteiger charge is 2.13. The predicted octanol–water partition coefficient (Wildman–Crippen LogP) is 3.10. The van der Waals surface area contributed by atoms with Crippen molar-refractivity contribution in [3.63, 3.8) is 0 Å². The second kappa shape index (κ2) is 6.59. The van der Waals surface area contributed by atoms with E-state index >= 15 is 0 Å². The lowest BCUT2D eigenvalue weighted by Crippen LogP contribution is -2.29. The molecule has 0 saturated carbocycles. The second-order valence-corrected chi connectivity index (χ2v) is 4.95. The van der Waals surface area contributed by atoms with Gasteiger partial charge in [0.25, 0.3) is 0 Å². The van der Waals surface area contributed by atoms with Crippen LogP contribution in [0.25, 0.3) is 0 Å². The van der Waals surface area contributed by atoms with Crippen molar-refractivity contribution >= 4 is 0 Å². The van der Waals surface area contributed by atoms with E-state index in [9.17, 15) is 8.78 Å². The molecule has 0 bridgehead atoms. The molecular formula is C16H18F2N2. The van der Waals surface area contributed by atoms with Crippen LogP contribution < -0.4 is 5.73 Å². The van der Waals surface area contributed by atoms with E-state index in [-0.39, 0.29) is 17.7 Å². The summed E-state index contributed by atoms with van der Waals surface area (Å²) in [4.78, 5) is 1.99. The van der Waals surface area contributed by atoms with Crippen LogP contribution >= 0.6 is 0 Å². The Morgan fingerprint density at radius 3 is 2.35 bits per heavy atom. The van der Waals surface area contributed by atoms with Gasteiger partial charge in [-0.2, -0.15) is 0 Å². The Hall–Kier alpha value is -1.78. The molecule has 0 fully saturated rings. The smallest absolute Gasteiger partial charge is 0.128 e. The summed E-state index contributed by atoms with van der Waals surface area (Å²) in [6, 6.07) is 12.5. The lowest BCUT2D eigenvalue weighted by Gasteiger charge is -2.22. The summed E-state index contributed by atoms with van der Waals surface area (Å²) >= 11 is 0. The number of benzene rings is 2. The molecule has 2 nitrogen and oxygen atoms in total. The zero-order valence-corrected chi connectivity index (χ0v) is 11.4. The maximum Gasteiger partial charge on any atom is 0.128 e. The molecule has 20 heavy (non-hydrogen) atoms. The van der Waals surface area contributed by atoms with Crippen LogP contribution in [0.2, 0.25) is 0 Å². The highest BCUT2D eigenvalue weighted by atomic mass is 19.1. The van der Waals surface area contributed by atoms with Gasteiger partial charge >= 0.3 is 0 Å². The Labute approximate surface area is 117 Å². The summed E-state index contributed by atoms with van der Waals surface area (Å²) in [7, 11) is 1.91. The average Bonchev–Trinajstić information content (AvgIpc) is 2.41. The molecule has 2 aromatic rings. The Bertz CT molecular complexity index is 555. The summed E-state index contributed by atoms with van der Waals surface area (Å²) in [6.07, 6.45) is 0. The predicted molar refractivity (Wildman–Crippen MR) is 76.1 cm³/mol. The summed E-state index contributed by atoms with van der Waals surface area (Å²) in [5.74, 6) is -0.533. The van der Waals surface area contributed by atoms with Crippen LogP contribution in [0.15, 0.2) is 48.5 Å². The third-order valence-electron chi connectivity index (χ3n) is 3.18. The fourth-order valence-corrected chi connectivity index (χ4v) is 2.18. The Morgan fingerprint density at radius 1 is 1.05 bits per heavy atom. The van der Waals surface area contributed by atoms with Crippen LogP contribution in [0.3, 0.4) is 0 Å². The van der Waals surface area contributed by atoms with Crippen LogP contribution in [-0.4, -0.2) is 18.5 Å². The first-order valence-electron chi connectivity index (χ1n) is 6.49. The van der Waals surface area contributed by atoms with Crippen LogP contribution in [0.5, 0.6) is 0 Å². The lowest BCUT2D eigenvalue weighted by atomic mass is 10.1. The van der Waals surface area contributed by atoms with Crippen LogP contribution in [0.4, 0.5) is 8.78 Å². The van der Waals surface area contributed by atoms with Crippen molar-refractivity contribution in [2.24, 2.45) is 5.73 Å². The molecule has 0 spiro atoms. The summed E-state index contributed by atoms with van der Waals surface area (Å²) in [6.45, 7) is 1.17. The third-order valence-corrected chi connectivity index (χ3v) is 3.18. The van der Waals surface area contributed by atoms with E-state index in [1.165, 1.54) is 18.2 Å². The van der Waals surface area contributed by atoms with Crippen molar-refractivity contribution in [3.05, 3.63) is 71.3 Å². The van der Waals surface area contributed by atoms with Crippen molar-refractivity contribution in [2.45, 2.75) is 12.6 Å². The van der Waals surface area contributed by atoms with Crippen molar-refractivity contribution in [2.75, 3.05) is 13.6 Å². The zero-order valence-electron chi connectivity index (χ0n) is 11.4. The average molecular weight is 276 g/mol. The molecule has 0 aromatic heterocycles. The van der Waals surface area contributed by atoms with Gasteiger partial charge in [-0.3, -0.25) is 0 Å². The Morgan fingerprint density at radius 2 is 1.70 bits per heavy atom. The van der Waals surface area contributed by atoms with E-state index in [0.717, 1.165) is 5.56 Å². The first-order chi connectivity index (χ1) is 9.56. The molecule has 106 valence electrons. The van der Waals surface area contributed by atoms with Gasteiger partial charge in [-0.1, -0.05) is 30.3 Å². The minimum Gasteiger partial charge on any atom is -0.323 e. The third kappa shape index (κ3) is 3.85. The number of nitrogens with zero attached hydrogens (tertiary/aromatic N) is 1. The molecule has 2 N–H and O–H groups in total. The molecule has 4 heteroatoms. The van der Waals surface area contributed by atoms with E-state index in [4.69, 9.17) is 5.73 Å². The maximum atomic E-state index is 13.6. The minimum atomic E-state index is -0.387. The molecule has 1 unspecified atom stereocenters. The molecule has 0 radical (unpaired) electrons. The highest BCUT2D eigenvalue weighted by Crippen LogP contribution is 2.16. The molecule has 1 atom stereocenters. The van der Waals surface area contributed by atoms with E-state index in [1.807, 2.05) is 11.9 Å². The van der Waals surface area contributed by atoms with Gasteiger partial charge in [0.05, 0.1) is 0 Å². The molecular weight excluding hydrogens is 258 g/mol.